The highest BCUT2D eigenvalue weighted by Gasteiger charge is 2.34. The molecule has 1 aliphatic heterocycles. The van der Waals surface area contributed by atoms with Crippen molar-refractivity contribution in [2.75, 3.05) is 24.8 Å². The Bertz CT molecular complexity index is 1260. The number of hydrogen-bond acceptors (Lipinski definition) is 5. The molecule has 3 aromatic rings. The summed E-state index contributed by atoms with van der Waals surface area (Å²) in [5.41, 5.74) is 4.80. The highest BCUT2D eigenvalue weighted by Crippen LogP contribution is 2.30. The number of nitrogens with one attached hydrogen (secondary N) is 1. The van der Waals surface area contributed by atoms with Crippen molar-refractivity contribution >= 4 is 35.2 Å². The van der Waals surface area contributed by atoms with E-state index in [1.807, 2.05) is 32.0 Å². The van der Waals surface area contributed by atoms with Gasteiger partial charge in [0.1, 0.15) is 24.5 Å². The maximum atomic E-state index is 12.8. The van der Waals surface area contributed by atoms with Gasteiger partial charge in [0.15, 0.2) is 11.5 Å². The lowest BCUT2D eigenvalue weighted by Crippen LogP contribution is -2.35. The monoisotopic (exact) mass is 492 g/mol. The molecule has 1 saturated heterocycles. The molecular weight excluding hydrogens is 468 g/mol. The zero-order chi connectivity index (χ0) is 24.8. The molecule has 0 unspecified atom stereocenters. The lowest BCUT2D eigenvalue weighted by molar-refractivity contribution is -0.117. The number of anilines is 1. The smallest absolute Gasteiger partial charge is 0.282 e. The van der Waals surface area contributed by atoms with Crippen molar-refractivity contribution in [2.24, 2.45) is 0 Å². The molecule has 3 aromatic carbocycles. The van der Waals surface area contributed by atoms with Crippen LogP contribution in [0.4, 0.5) is 5.69 Å². The summed E-state index contributed by atoms with van der Waals surface area (Å²) in [6.07, 6.45) is 1.54. The molecule has 0 radical (unpaired) electrons. The van der Waals surface area contributed by atoms with Crippen LogP contribution in [0.2, 0.25) is 5.02 Å². The third-order valence-corrected chi connectivity index (χ3v) is 5.65. The Labute approximate surface area is 208 Å². The third-order valence-electron chi connectivity index (χ3n) is 5.22. The van der Waals surface area contributed by atoms with Crippen molar-refractivity contribution in [3.8, 4) is 17.2 Å². The first-order valence-electron chi connectivity index (χ1n) is 11.2. The van der Waals surface area contributed by atoms with Gasteiger partial charge in [-0.05, 0) is 73.5 Å². The average molecular weight is 493 g/mol. The van der Waals surface area contributed by atoms with E-state index in [0.717, 1.165) is 5.56 Å². The van der Waals surface area contributed by atoms with Crippen molar-refractivity contribution < 1.29 is 23.8 Å². The number of benzene rings is 3. The van der Waals surface area contributed by atoms with Gasteiger partial charge < -0.3 is 14.2 Å². The molecule has 35 heavy (non-hydrogen) atoms. The summed E-state index contributed by atoms with van der Waals surface area (Å²) >= 11 is 6.05. The Morgan fingerprint density at radius 2 is 1.69 bits per heavy atom. The molecular formula is C27H25ClN2O5. The third kappa shape index (κ3) is 5.75. The van der Waals surface area contributed by atoms with E-state index in [1.165, 1.54) is 5.01 Å². The number of amides is 2. The number of ether oxygens (including phenoxy) is 3. The van der Waals surface area contributed by atoms with Gasteiger partial charge in [-0.2, -0.15) is 0 Å². The summed E-state index contributed by atoms with van der Waals surface area (Å²) in [6.45, 7) is 4.85. The van der Waals surface area contributed by atoms with Crippen LogP contribution in [-0.4, -0.2) is 31.6 Å². The molecule has 1 fully saturated rings. The van der Waals surface area contributed by atoms with Crippen LogP contribution in [-0.2, 0) is 9.59 Å². The molecule has 0 aliphatic carbocycles. The van der Waals surface area contributed by atoms with E-state index in [4.69, 9.17) is 25.8 Å². The van der Waals surface area contributed by atoms with Gasteiger partial charge in [-0.3, -0.25) is 15.0 Å². The Kier molecular flexibility index (Phi) is 7.57. The van der Waals surface area contributed by atoms with E-state index in [-0.39, 0.29) is 5.57 Å². The van der Waals surface area contributed by atoms with Gasteiger partial charge in [-0.15, -0.1) is 0 Å². The van der Waals surface area contributed by atoms with E-state index >= 15 is 0 Å². The number of carbonyl (C=O) groups is 2. The van der Waals surface area contributed by atoms with Gasteiger partial charge in [-0.1, -0.05) is 35.9 Å². The van der Waals surface area contributed by atoms with E-state index in [0.29, 0.717) is 53.3 Å². The minimum absolute atomic E-state index is 0.0385. The number of para-hydroxylation sites is 1. The van der Waals surface area contributed by atoms with E-state index < -0.39 is 11.8 Å². The first kappa shape index (κ1) is 24.2. The van der Waals surface area contributed by atoms with Crippen molar-refractivity contribution in [3.63, 3.8) is 0 Å². The molecule has 7 nitrogen and oxygen atoms in total. The Morgan fingerprint density at radius 3 is 2.43 bits per heavy atom. The normalized spacial score (nSPS) is 14.3. The number of aryl methyl sites for hydroxylation is 1. The van der Waals surface area contributed by atoms with Crippen LogP contribution in [0.5, 0.6) is 17.2 Å². The van der Waals surface area contributed by atoms with Crippen LogP contribution in [0.3, 0.4) is 0 Å². The minimum Gasteiger partial charge on any atom is -0.490 e. The Hall–Kier alpha value is -3.97. The van der Waals surface area contributed by atoms with Gasteiger partial charge >= 0.3 is 0 Å². The maximum absolute atomic E-state index is 12.8. The number of hydrogen-bond donors (Lipinski definition) is 1. The molecule has 0 atom stereocenters. The fourth-order valence-electron chi connectivity index (χ4n) is 3.50. The summed E-state index contributed by atoms with van der Waals surface area (Å²) in [4.78, 5) is 25.3. The van der Waals surface area contributed by atoms with Gasteiger partial charge in [0.2, 0.25) is 0 Å². The second-order valence-electron chi connectivity index (χ2n) is 7.72. The molecule has 0 spiro atoms. The lowest BCUT2D eigenvalue weighted by Gasteiger charge is -2.14. The predicted octanol–water partition coefficient (Wildman–Crippen LogP) is 4.97. The zero-order valence-electron chi connectivity index (χ0n) is 19.4. The van der Waals surface area contributed by atoms with Crippen molar-refractivity contribution in [1.29, 1.82) is 0 Å². The lowest BCUT2D eigenvalue weighted by atomic mass is 10.1. The molecule has 1 aliphatic rings. The van der Waals surface area contributed by atoms with Crippen LogP contribution in [0.1, 0.15) is 18.1 Å². The molecule has 8 heteroatoms. The number of carbonyl (C=O) groups excluding carboxylic acids is 2. The van der Waals surface area contributed by atoms with Gasteiger partial charge in [0.05, 0.1) is 12.3 Å². The number of hydrazine groups is 1. The highest BCUT2D eigenvalue weighted by molar-refractivity contribution is 6.32. The zero-order valence-corrected chi connectivity index (χ0v) is 20.2. The van der Waals surface area contributed by atoms with Crippen LogP contribution < -0.4 is 24.6 Å². The van der Waals surface area contributed by atoms with Gasteiger partial charge in [0.25, 0.3) is 11.8 Å². The summed E-state index contributed by atoms with van der Waals surface area (Å²) in [5.74, 6) is 0.875. The molecule has 0 aromatic heterocycles. The van der Waals surface area contributed by atoms with E-state index in [1.54, 1.807) is 54.6 Å². The molecule has 0 saturated carbocycles. The summed E-state index contributed by atoms with van der Waals surface area (Å²) in [6, 6.07) is 19.6. The Morgan fingerprint density at radius 1 is 0.914 bits per heavy atom. The van der Waals surface area contributed by atoms with Gasteiger partial charge in [-0.25, -0.2) is 5.01 Å². The fourth-order valence-corrected chi connectivity index (χ4v) is 3.62. The summed E-state index contributed by atoms with van der Waals surface area (Å²) in [5, 5.41) is 1.92. The highest BCUT2D eigenvalue weighted by atomic mass is 35.5. The summed E-state index contributed by atoms with van der Waals surface area (Å²) < 4.78 is 17.3. The van der Waals surface area contributed by atoms with Crippen LogP contribution >= 0.6 is 11.6 Å². The molecule has 1 N–H and O–H groups in total. The first-order chi connectivity index (χ1) is 17.0. The minimum atomic E-state index is -0.466. The fraction of sp³-hybridized carbons (Fsp3) is 0.185. The quantitative estimate of drug-likeness (QED) is 0.259. The number of rotatable bonds is 9. The van der Waals surface area contributed by atoms with Crippen LogP contribution in [0.15, 0.2) is 72.3 Å². The average Bonchev–Trinajstić information content (AvgIpc) is 3.14. The predicted molar refractivity (Wildman–Crippen MR) is 135 cm³/mol. The SMILES string of the molecule is CCOc1cc(C=C2C(=O)NN(c3ccccc3)C2=O)ccc1OCCOc1ccc(Cl)c(C)c1. The second kappa shape index (κ2) is 11.0. The summed E-state index contributed by atoms with van der Waals surface area (Å²) in [7, 11) is 0. The molecule has 4 rings (SSSR count). The second-order valence-corrected chi connectivity index (χ2v) is 8.13. The topological polar surface area (TPSA) is 77.1 Å². The number of nitrogens with zero attached hydrogens (tertiary/aromatic N) is 1. The molecule has 1 heterocycles. The van der Waals surface area contributed by atoms with Crippen LogP contribution in [0.25, 0.3) is 6.08 Å². The molecule has 180 valence electrons. The van der Waals surface area contributed by atoms with Gasteiger partial charge in [0, 0.05) is 5.02 Å². The first-order valence-corrected chi connectivity index (χ1v) is 11.5. The molecule has 0 bridgehead atoms. The van der Waals surface area contributed by atoms with Crippen LogP contribution in [0, 0.1) is 6.92 Å². The van der Waals surface area contributed by atoms with Crippen molar-refractivity contribution in [1.82, 2.24) is 5.43 Å². The van der Waals surface area contributed by atoms with Crippen molar-refractivity contribution in [2.45, 2.75) is 13.8 Å². The standard InChI is InChI=1S/C27H25ClN2O5/c1-3-33-25-17-19(16-22-26(31)29-30(27(22)32)20-7-5-4-6-8-20)9-12-24(25)35-14-13-34-21-10-11-23(28)18(2)15-21/h4-12,15-17H,3,13-14H2,1-2H3,(H,29,31). The van der Waals surface area contributed by atoms with E-state index in [2.05, 4.69) is 5.43 Å². The van der Waals surface area contributed by atoms with E-state index in [9.17, 15) is 9.59 Å². The van der Waals surface area contributed by atoms with Crippen molar-refractivity contribution in [3.05, 3.63) is 88.5 Å². The Balaban J connectivity index is 1.44. The molecule has 2 amide bonds. The maximum Gasteiger partial charge on any atom is 0.282 e. The number of halogens is 1. The largest absolute Gasteiger partial charge is 0.490 e.